The predicted octanol–water partition coefficient (Wildman–Crippen LogP) is -0.140. The molecule has 1 saturated carbocycles. The van der Waals surface area contributed by atoms with Crippen LogP contribution in [0.5, 0.6) is 0 Å². The number of nitrogens with two attached hydrogens (primary N) is 1. The fourth-order valence-corrected chi connectivity index (χ4v) is 1.33. The molecule has 0 aromatic heterocycles. The maximum Gasteiger partial charge on any atom is 0.217 e. The van der Waals surface area contributed by atoms with E-state index in [0.717, 1.165) is 19.4 Å². The number of rotatable bonds is 2. The molecular formula is C7H14N2O. The highest BCUT2D eigenvalue weighted by atomic mass is 16.1. The highest BCUT2D eigenvalue weighted by molar-refractivity contribution is 5.73. The lowest BCUT2D eigenvalue weighted by Crippen LogP contribution is -2.45. The molecule has 0 saturated heterocycles. The first-order valence-corrected chi connectivity index (χ1v) is 3.69. The summed E-state index contributed by atoms with van der Waals surface area (Å²) >= 11 is 0. The molecule has 0 unspecified atom stereocenters. The lowest BCUT2D eigenvalue weighted by atomic mass is 9.80. The van der Waals surface area contributed by atoms with Gasteiger partial charge in [0, 0.05) is 13.0 Å². The number of amides is 1. The Morgan fingerprint density at radius 1 is 1.70 bits per heavy atom. The van der Waals surface area contributed by atoms with Gasteiger partial charge in [0.25, 0.3) is 0 Å². The molecule has 1 fully saturated rings. The molecule has 3 nitrogen and oxygen atoms in total. The average Bonchev–Trinajstić information content (AvgIpc) is 1.76. The van der Waals surface area contributed by atoms with Gasteiger partial charge >= 0.3 is 0 Å². The molecule has 1 aliphatic carbocycles. The van der Waals surface area contributed by atoms with Gasteiger partial charge in [0.15, 0.2) is 0 Å². The smallest absolute Gasteiger partial charge is 0.217 e. The second-order valence-corrected chi connectivity index (χ2v) is 2.97. The van der Waals surface area contributed by atoms with Crippen molar-refractivity contribution in [3.63, 3.8) is 0 Å². The van der Waals surface area contributed by atoms with Crippen LogP contribution >= 0.6 is 0 Å². The van der Waals surface area contributed by atoms with Crippen LogP contribution in [-0.2, 0) is 4.79 Å². The Bertz CT molecular complexity index is 130. The first-order chi connectivity index (χ1) is 4.72. The minimum absolute atomic E-state index is 0.0699. The molecule has 3 heteroatoms. The van der Waals surface area contributed by atoms with E-state index in [4.69, 9.17) is 5.73 Å². The maximum absolute atomic E-state index is 10.5. The molecular weight excluding hydrogens is 128 g/mol. The number of carbonyl (C=O) groups excluding carboxylic acids is 1. The standard InChI is InChI=1S/C7H14N2O/c1-5(10)9-7-2-6(3-7)4-8/h6-7H,2-4,8H2,1H3,(H,9,10). The first kappa shape index (κ1) is 7.54. The number of carbonyl (C=O) groups is 1. The van der Waals surface area contributed by atoms with Crippen molar-refractivity contribution in [1.29, 1.82) is 0 Å². The van der Waals surface area contributed by atoms with Crippen LogP contribution in [0.15, 0.2) is 0 Å². The van der Waals surface area contributed by atoms with Crippen LogP contribution in [0, 0.1) is 5.92 Å². The van der Waals surface area contributed by atoms with Gasteiger partial charge in [0.1, 0.15) is 0 Å². The molecule has 0 bridgehead atoms. The lowest BCUT2D eigenvalue weighted by Gasteiger charge is -2.34. The van der Waals surface area contributed by atoms with E-state index >= 15 is 0 Å². The van der Waals surface area contributed by atoms with E-state index in [-0.39, 0.29) is 5.91 Å². The third-order valence-electron chi connectivity index (χ3n) is 1.98. The fourth-order valence-electron chi connectivity index (χ4n) is 1.33. The van der Waals surface area contributed by atoms with Gasteiger partial charge in [-0.15, -0.1) is 0 Å². The molecule has 1 aliphatic rings. The minimum atomic E-state index is 0.0699. The van der Waals surface area contributed by atoms with Crippen LogP contribution in [-0.4, -0.2) is 18.5 Å². The summed E-state index contributed by atoms with van der Waals surface area (Å²) in [5, 5.41) is 2.85. The van der Waals surface area contributed by atoms with Gasteiger partial charge in [-0.2, -0.15) is 0 Å². The second kappa shape index (κ2) is 3.01. The summed E-state index contributed by atoms with van der Waals surface area (Å²) in [5.74, 6) is 0.720. The van der Waals surface area contributed by atoms with Gasteiger partial charge < -0.3 is 11.1 Å². The van der Waals surface area contributed by atoms with Gasteiger partial charge in [-0.3, -0.25) is 4.79 Å². The molecule has 0 atom stereocenters. The van der Waals surface area contributed by atoms with Crippen molar-refractivity contribution < 1.29 is 4.79 Å². The van der Waals surface area contributed by atoms with E-state index in [2.05, 4.69) is 5.32 Å². The zero-order valence-corrected chi connectivity index (χ0v) is 6.26. The highest BCUT2D eigenvalue weighted by Gasteiger charge is 2.27. The Hall–Kier alpha value is -0.570. The molecule has 0 radical (unpaired) electrons. The third kappa shape index (κ3) is 1.70. The van der Waals surface area contributed by atoms with Crippen LogP contribution in [0.1, 0.15) is 19.8 Å². The SMILES string of the molecule is CC(=O)NC1CC(CN)C1. The molecule has 58 valence electrons. The van der Waals surface area contributed by atoms with Crippen molar-refractivity contribution in [3.8, 4) is 0 Å². The van der Waals surface area contributed by atoms with Crippen LogP contribution < -0.4 is 11.1 Å². The lowest BCUT2D eigenvalue weighted by molar-refractivity contribution is -0.120. The van der Waals surface area contributed by atoms with Crippen molar-refractivity contribution in [2.45, 2.75) is 25.8 Å². The monoisotopic (exact) mass is 142 g/mol. The molecule has 0 aliphatic heterocycles. The Balaban J connectivity index is 2.08. The third-order valence-corrected chi connectivity index (χ3v) is 1.98. The normalized spacial score (nSPS) is 31.0. The topological polar surface area (TPSA) is 55.1 Å². The molecule has 0 heterocycles. The quantitative estimate of drug-likeness (QED) is 0.564. The number of hydrogen-bond donors (Lipinski definition) is 2. The molecule has 0 aromatic rings. The van der Waals surface area contributed by atoms with Crippen LogP contribution in [0.2, 0.25) is 0 Å². The zero-order valence-electron chi connectivity index (χ0n) is 6.26. The summed E-state index contributed by atoms with van der Waals surface area (Å²) in [6.45, 7) is 2.31. The zero-order chi connectivity index (χ0) is 7.56. The number of nitrogens with one attached hydrogen (secondary N) is 1. The molecule has 3 N–H and O–H groups in total. The average molecular weight is 142 g/mol. The number of hydrogen-bond acceptors (Lipinski definition) is 2. The van der Waals surface area contributed by atoms with E-state index in [1.807, 2.05) is 0 Å². The molecule has 0 aromatic carbocycles. The van der Waals surface area contributed by atoms with Gasteiger partial charge in [-0.1, -0.05) is 0 Å². The molecule has 10 heavy (non-hydrogen) atoms. The van der Waals surface area contributed by atoms with Crippen LogP contribution in [0.3, 0.4) is 0 Å². The van der Waals surface area contributed by atoms with E-state index in [1.54, 1.807) is 6.92 Å². The Morgan fingerprint density at radius 3 is 2.70 bits per heavy atom. The Morgan fingerprint density at radius 2 is 2.30 bits per heavy atom. The Labute approximate surface area is 61.0 Å². The fraction of sp³-hybridized carbons (Fsp3) is 0.857. The maximum atomic E-state index is 10.5. The van der Waals surface area contributed by atoms with Crippen molar-refractivity contribution in [1.82, 2.24) is 5.32 Å². The van der Waals surface area contributed by atoms with Crippen molar-refractivity contribution in [2.75, 3.05) is 6.54 Å². The minimum Gasteiger partial charge on any atom is -0.354 e. The Kier molecular flexibility index (Phi) is 2.27. The van der Waals surface area contributed by atoms with Gasteiger partial charge in [-0.25, -0.2) is 0 Å². The highest BCUT2D eigenvalue weighted by Crippen LogP contribution is 2.25. The summed E-state index contributed by atoms with van der Waals surface area (Å²) < 4.78 is 0. The molecule has 1 rings (SSSR count). The predicted molar refractivity (Wildman–Crippen MR) is 39.4 cm³/mol. The first-order valence-electron chi connectivity index (χ1n) is 3.69. The largest absolute Gasteiger partial charge is 0.354 e. The van der Waals surface area contributed by atoms with Crippen molar-refractivity contribution in [3.05, 3.63) is 0 Å². The van der Waals surface area contributed by atoms with E-state index < -0.39 is 0 Å². The summed E-state index contributed by atoms with van der Waals surface area (Å²) in [6.07, 6.45) is 2.13. The van der Waals surface area contributed by atoms with Crippen molar-refractivity contribution >= 4 is 5.91 Å². The van der Waals surface area contributed by atoms with E-state index in [9.17, 15) is 4.79 Å². The van der Waals surface area contributed by atoms with Gasteiger partial charge in [-0.05, 0) is 25.3 Å². The summed E-state index contributed by atoms with van der Waals surface area (Å²) in [6, 6.07) is 0.408. The summed E-state index contributed by atoms with van der Waals surface area (Å²) in [7, 11) is 0. The van der Waals surface area contributed by atoms with E-state index in [1.165, 1.54) is 0 Å². The second-order valence-electron chi connectivity index (χ2n) is 2.97. The van der Waals surface area contributed by atoms with Crippen LogP contribution in [0.25, 0.3) is 0 Å². The molecule has 1 amide bonds. The van der Waals surface area contributed by atoms with Crippen LogP contribution in [0.4, 0.5) is 0 Å². The van der Waals surface area contributed by atoms with E-state index in [0.29, 0.717) is 12.0 Å². The van der Waals surface area contributed by atoms with Crippen molar-refractivity contribution in [2.24, 2.45) is 11.7 Å². The van der Waals surface area contributed by atoms with Gasteiger partial charge in [0.2, 0.25) is 5.91 Å². The summed E-state index contributed by atoms with van der Waals surface area (Å²) in [5.41, 5.74) is 5.41. The summed E-state index contributed by atoms with van der Waals surface area (Å²) in [4.78, 5) is 10.5. The molecule has 0 spiro atoms. The van der Waals surface area contributed by atoms with Gasteiger partial charge in [0.05, 0.1) is 0 Å².